The highest BCUT2D eigenvalue weighted by Gasteiger charge is 2.55. The van der Waals surface area contributed by atoms with Crippen molar-refractivity contribution in [3.63, 3.8) is 0 Å². The smallest absolute Gasteiger partial charge is 0.0748 e. The lowest BCUT2D eigenvalue weighted by Crippen LogP contribution is -2.57. The van der Waals surface area contributed by atoms with Crippen LogP contribution in [0.3, 0.4) is 0 Å². The molecule has 3 N–H and O–H groups in total. The summed E-state index contributed by atoms with van der Waals surface area (Å²) < 4.78 is 0. The second kappa shape index (κ2) is 4.76. The first-order valence-corrected chi connectivity index (χ1v) is 7.71. The van der Waals surface area contributed by atoms with Crippen molar-refractivity contribution in [3.05, 3.63) is 34.3 Å². The quantitative estimate of drug-likeness (QED) is 0.873. The minimum absolute atomic E-state index is 0.216. The number of halogens is 1. The Bertz CT molecular complexity index is 486. The van der Waals surface area contributed by atoms with Crippen LogP contribution in [-0.2, 0) is 11.8 Å². The molecule has 19 heavy (non-hydrogen) atoms. The fraction of sp³-hybridized carbons (Fsp3) is 0.625. The summed E-state index contributed by atoms with van der Waals surface area (Å²) in [5.74, 6) is 0. The average molecular weight is 280 g/mol. The Morgan fingerprint density at radius 2 is 2.00 bits per heavy atom. The number of aryl methyl sites for hydroxylation is 1. The number of aliphatic hydroxyl groups is 1. The molecule has 0 radical (unpaired) electrons. The van der Waals surface area contributed by atoms with Crippen molar-refractivity contribution in [1.29, 1.82) is 0 Å². The van der Waals surface area contributed by atoms with Gasteiger partial charge in [0.2, 0.25) is 0 Å². The number of fused-ring (bicyclic) bond motifs is 3. The molecule has 1 aromatic rings. The van der Waals surface area contributed by atoms with Gasteiger partial charge in [-0.05, 0) is 55.8 Å². The largest absolute Gasteiger partial charge is 0.389 e. The first kappa shape index (κ1) is 13.4. The zero-order valence-electron chi connectivity index (χ0n) is 11.3. The molecular weight excluding hydrogens is 258 g/mol. The monoisotopic (exact) mass is 279 g/mol. The molecule has 3 rings (SSSR count). The number of hydrogen-bond donors (Lipinski definition) is 2. The van der Waals surface area contributed by atoms with Crippen molar-refractivity contribution >= 4 is 11.6 Å². The van der Waals surface area contributed by atoms with Gasteiger partial charge in [0, 0.05) is 10.4 Å². The highest BCUT2D eigenvalue weighted by molar-refractivity contribution is 6.31. The third-order valence-corrected chi connectivity index (χ3v) is 5.61. The van der Waals surface area contributed by atoms with Gasteiger partial charge in [0.05, 0.1) is 5.60 Å². The van der Waals surface area contributed by atoms with E-state index in [4.69, 9.17) is 17.3 Å². The number of rotatable bonds is 2. The lowest BCUT2D eigenvalue weighted by molar-refractivity contribution is -0.0861. The molecule has 0 bridgehead atoms. The molecule has 0 heterocycles. The predicted molar refractivity (Wildman–Crippen MR) is 78.5 cm³/mol. The van der Waals surface area contributed by atoms with Crippen molar-refractivity contribution in [2.24, 2.45) is 5.73 Å². The van der Waals surface area contributed by atoms with Gasteiger partial charge in [-0.1, -0.05) is 36.6 Å². The van der Waals surface area contributed by atoms with E-state index in [2.05, 4.69) is 6.07 Å². The molecular formula is C16H22ClNO. The molecule has 0 aliphatic heterocycles. The zero-order chi connectivity index (χ0) is 13.5. The summed E-state index contributed by atoms with van der Waals surface area (Å²) in [5.41, 5.74) is 7.55. The molecule has 1 fully saturated rings. The minimum atomic E-state index is -0.609. The molecule has 2 atom stereocenters. The lowest BCUT2D eigenvalue weighted by atomic mass is 9.53. The topological polar surface area (TPSA) is 46.2 Å². The summed E-state index contributed by atoms with van der Waals surface area (Å²) in [6.07, 6.45) is 6.78. The maximum absolute atomic E-state index is 11.2. The van der Waals surface area contributed by atoms with E-state index in [0.717, 1.165) is 50.0 Å². The fourth-order valence-corrected chi connectivity index (χ4v) is 4.80. The maximum atomic E-state index is 11.2. The summed E-state index contributed by atoms with van der Waals surface area (Å²) in [6, 6.07) is 6.14. The summed E-state index contributed by atoms with van der Waals surface area (Å²) in [6.45, 7) is 0.604. The van der Waals surface area contributed by atoms with Crippen LogP contribution in [0.25, 0.3) is 0 Å². The fourth-order valence-electron chi connectivity index (χ4n) is 4.42. The van der Waals surface area contributed by atoms with Gasteiger partial charge in [-0.2, -0.15) is 0 Å². The Balaban J connectivity index is 2.21. The van der Waals surface area contributed by atoms with E-state index in [1.54, 1.807) is 0 Å². The summed E-state index contributed by atoms with van der Waals surface area (Å²) in [7, 11) is 0. The van der Waals surface area contributed by atoms with Gasteiger partial charge in [0.25, 0.3) is 0 Å². The van der Waals surface area contributed by atoms with E-state index in [9.17, 15) is 5.11 Å². The molecule has 0 saturated heterocycles. The Morgan fingerprint density at radius 3 is 2.79 bits per heavy atom. The van der Waals surface area contributed by atoms with Crippen molar-refractivity contribution in [2.45, 2.75) is 56.0 Å². The van der Waals surface area contributed by atoms with Crippen LogP contribution in [0, 0.1) is 0 Å². The molecule has 2 aliphatic rings. The summed E-state index contributed by atoms with van der Waals surface area (Å²) in [5, 5.41) is 12.0. The number of benzene rings is 1. The van der Waals surface area contributed by atoms with Crippen LogP contribution in [0.1, 0.15) is 49.7 Å². The van der Waals surface area contributed by atoms with Gasteiger partial charge < -0.3 is 10.8 Å². The average Bonchev–Trinajstić information content (AvgIpc) is 2.40. The predicted octanol–water partition coefficient (Wildman–Crippen LogP) is 3.18. The van der Waals surface area contributed by atoms with E-state index >= 15 is 0 Å². The second-order valence-corrected chi connectivity index (χ2v) is 6.54. The number of nitrogens with two attached hydrogens (primary N) is 1. The van der Waals surface area contributed by atoms with Crippen LogP contribution < -0.4 is 5.73 Å². The van der Waals surface area contributed by atoms with Crippen molar-refractivity contribution in [3.8, 4) is 0 Å². The minimum Gasteiger partial charge on any atom is -0.389 e. The van der Waals surface area contributed by atoms with E-state index in [1.807, 2.05) is 12.1 Å². The van der Waals surface area contributed by atoms with Crippen LogP contribution in [0.15, 0.2) is 18.2 Å². The maximum Gasteiger partial charge on any atom is 0.0748 e. The molecule has 1 saturated carbocycles. The van der Waals surface area contributed by atoms with Gasteiger partial charge in [-0.3, -0.25) is 0 Å². The van der Waals surface area contributed by atoms with Gasteiger partial charge in [-0.15, -0.1) is 0 Å². The highest BCUT2D eigenvalue weighted by atomic mass is 35.5. The van der Waals surface area contributed by atoms with Crippen molar-refractivity contribution in [1.82, 2.24) is 0 Å². The van der Waals surface area contributed by atoms with Crippen LogP contribution in [0.2, 0.25) is 5.02 Å². The Morgan fingerprint density at radius 1 is 1.21 bits per heavy atom. The summed E-state index contributed by atoms with van der Waals surface area (Å²) >= 11 is 6.50. The molecule has 0 spiro atoms. The molecule has 0 aromatic heterocycles. The summed E-state index contributed by atoms with van der Waals surface area (Å²) in [4.78, 5) is 0. The third-order valence-electron chi connectivity index (χ3n) is 5.29. The van der Waals surface area contributed by atoms with Crippen molar-refractivity contribution in [2.75, 3.05) is 6.54 Å². The molecule has 3 heteroatoms. The zero-order valence-corrected chi connectivity index (χ0v) is 12.0. The SMILES string of the molecule is NCC[C@@]12CCCC[C@]1(O)CCc1cccc(Cl)c12. The van der Waals surface area contributed by atoms with E-state index in [-0.39, 0.29) is 5.41 Å². The van der Waals surface area contributed by atoms with E-state index < -0.39 is 5.60 Å². The lowest BCUT2D eigenvalue weighted by Gasteiger charge is -2.55. The molecule has 104 valence electrons. The highest BCUT2D eigenvalue weighted by Crippen LogP contribution is 2.56. The third kappa shape index (κ3) is 1.84. The van der Waals surface area contributed by atoms with E-state index in [1.165, 1.54) is 11.1 Å². The van der Waals surface area contributed by atoms with E-state index in [0.29, 0.717) is 6.54 Å². The van der Waals surface area contributed by atoms with Gasteiger partial charge in [-0.25, -0.2) is 0 Å². The first-order valence-electron chi connectivity index (χ1n) is 7.33. The van der Waals surface area contributed by atoms with Gasteiger partial charge in [0.1, 0.15) is 0 Å². The van der Waals surface area contributed by atoms with Crippen molar-refractivity contribution < 1.29 is 5.11 Å². The Labute approximate surface area is 120 Å². The molecule has 2 nitrogen and oxygen atoms in total. The molecule has 1 aromatic carbocycles. The number of hydrogen-bond acceptors (Lipinski definition) is 2. The van der Waals surface area contributed by atoms with Crippen LogP contribution in [0.4, 0.5) is 0 Å². The Kier molecular flexibility index (Phi) is 3.36. The van der Waals surface area contributed by atoms with Crippen LogP contribution in [-0.4, -0.2) is 17.3 Å². The van der Waals surface area contributed by atoms with Gasteiger partial charge in [0.15, 0.2) is 0 Å². The second-order valence-electron chi connectivity index (χ2n) is 6.13. The molecule has 2 aliphatic carbocycles. The first-order chi connectivity index (χ1) is 9.13. The normalized spacial score (nSPS) is 33.6. The van der Waals surface area contributed by atoms with Gasteiger partial charge >= 0.3 is 0 Å². The van der Waals surface area contributed by atoms with Crippen LogP contribution in [0.5, 0.6) is 0 Å². The molecule has 0 amide bonds. The van der Waals surface area contributed by atoms with Crippen LogP contribution >= 0.6 is 11.6 Å². The molecule has 0 unspecified atom stereocenters. The standard InChI is InChI=1S/C16H22ClNO/c17-13-5-3-4-12-6-9-16(19)8-2-1-7-15(16,10-11-18)14(12)13/h3-5,19H,1-2,6-11,18H2/t15-,16+/m1/s1. The Hall–Kier alpha value is -0.570.